The predicted molar refractivity (Wildman–Crippen MR) is 142 cm³/mol. The summed E-state index contributed by atoms with van der Waals surface area (Å²) >= 11 is 0. The van der Waals surface area contributed by atoms with Crippen molar-refractivity contribution in [2.45, 2.75) is 19.9 Å². The van der Waals surface area contributed by atoms with E-state index in [1.54, 1.807) is 25.1 Å². The first-order valence-electron chi connectivity index (χ1n) is 12.7. The van der Waals surface area contributed by atoms with Crippen molar-refractivity contribution in [2.75, 3.05) is 45.9 Å². The Kier molecular flexibility index (Phi) is 8.58. The van der Waals surface area contributed by atoms with Crippen LogP contribution in [0.25, 0.3) is 0 Å². The van der Waals surface area contributed by atoms with E-state index in [1.807, 2.05) is 36.1 Å². The Hall–Kier alpha value is -3.98. The molecule has 2 aromatic carbocycles. The van der Waals surface area contributed by atoms with E-state index in [2.05, 4.69) is 16.8 Å². The highest BCUT2D eigenvalue weighted by Crippen LogP contribution is 2.32. The first kappa shape index (κ1) is 27.1. The number of hydrogen-bond acceptors (Lipinski definition) is 5. The van der Waals surface area contributed by atoms with Gasteiger partial charge in [0.05, 0.1) is 18.2 Å². The van der Waals surface area contributed by atoms with Crippen LogP contribution in [0.4, 0.5) is 9.18 Å². The summed E-state index contributed by atoms with van der Waals surface area (Å²) < 4.78 is 19.5. The Morgan fingerprint density at radius 1 is 1.13 bits per heavy atom. The van der Waals surface area contributed by atoms with Gasteiger partial charge >= 0.3 is 12.0 Å². The second-order valence-corrected chi connectivity index (χ2v) is 9.35. The van der Waals surface area contributed by atoms with Gasteiger partial charge in [0.2, 0.25) is 0 Å². The number of carbonyl (C=O) groups excluding carboxylic acids is 3. The van der Waals surface area contributed by atoms with Gasteiger partial charge in [-0.1, -0.05) is 35.9 Å². The number of esters is 1. The fourth-order valence-electron chi connectivity index (χ4n) is 4.78. The summed E-state index contributed by atoms with van der Waals surface area (Å²) in [5.74, 6) is -1.06. The number of nitrogens with zero attached hydrogens (tertiary/aromatic N) is 3. The van der Waals surface area contributed by atoms with Gasteiger partial charge in [0.25, 0.3) is 5.91 Å². The summed E-state index contributed by atoms with van der Waals surface area (Å²) in [6.07, 6.45) is 1.59. The lowest BCUT2D eigenvalue weighted by Gasteiger charge is -2.40. The molecule has 1 fully saturated rings. The van der Waals surface area contributed by atoms with Gasteiger partial charge in [0.15, 0.2) is 0 Å². The number of aryl methyl sites for hydroxylation is 1. The Morgan fingerprint density at radius 3 is 2.47 bits per heavy atom. The Balaban J connectivity index is 1.61. The number of nitrogens with one attached hydrogen (secondary N) is 1. The van der Waals surface area contributed by atoms with E-state index in [0.717, 1.165) is 5.56 Å². The van der Waals surface area contributed by atoms with Crippen molar-refractivity contribution in [3.63, 3.8) is 0 Å². The molecule has 4 rings (SSSR count). The van der Waals surface area contributed by atoms with Crippen molar-refractivity contribution in [3.8, 4) is 0 Å². The number of piperazine rings is 1. The molecule has 0 spiro atoms. The van der Waals surface area contributed by atoms with Crippen LogP contribution in [0.2, 0.25) is 0 Å². The molecular formula is C29H33FN4O4. The highest BCUT2D eigenvalue weighted by Gasteiger charge is 2.39. The summed E-state index contributed by atoms with van der Waals surface area (Å²) in [7, 11) is 0. The molecule has 2 heterocycles. The van der Waals surface area contributed by atoms with E-state index in [1.165, 1.54) is 17.0 Å². The van der Waals surface area contributed by atoms with Gasteiger partial charge in [0, 0.05) is 50.5 Å². The fraction of sp³-hybridized carbons (Fsp3) is 0.345. The Morgan fingerprint density at radius 2 is 1.84 bits per heavy atom. The molecule has 8 nitrogen and oxygen atoms in total. The fourth-order valence-corrected chi connectivity index (χ4v) is 4.78. The largest absolute Gasteiger partial charge is 0.463 e. The van der Waals surface area contributed by atoms with Crippen molar-refractivity contribution in [3.05, 3.63) is 95.0 Å². The first-order valence-corrected chi connectivity index (χ1v) is 12.7. The maximum atomic E-state index is 14.1. The summed E-state index contributed by atoms with van der Waals surface area (Å²) in [4.78, 5) is 44.8. The topological polar surface area (TPSA) is 82.2 Å². The number of amides is 3. The van der Waals surface area contributed by atoms with Crippen molar-refractivity contribution in [1.82, 2.24) is 20.0 Å². The van der Waals surface area contributed by atoms with Gasteiger partial charge in [-0.25, -0.2) is 14.0 Å². The lowest BCUT2D eigenvalue weighted by atomic mass is 9.94. The van der Waals surface area contributed by atoms with E-state index in [9.17, 15) is 18.8 Å². The second kappa shape index (κ2) is 12.0. The molecule has 2 aromatic rings. The number of urea groups is 1. The van der Waals surface area contributed by atoms with E-state index in [4.69, 9.17) is 4.74 Å². The summed E-state index contributed by atoms with van der Waals surface area (Å²) in [6, 6.07) is 12.1. The normalized spacial score (nSPS) is 18.3. The lowest BCUT2D eigenvalue weighted by molar-refractivity contribution is -0.139. The molecule has 0 saturated carbocycles. The zero-order chi connectivity index (χ0) is 27.2. The zero-order valence-corrected chi connectivity index (χ0v) is 21.8. The quantitative estimate of drug-likeness (QED) is 0.424. The smallest absolute Gasteiger partial charge is 0.338 e. The maximum absolute atomic E-state index is 14.1. The van der Waals surface area contributed by atoms with Gasteiger partial charge in [-0.15, -0.1) is 6.58 Å². The zero-order valence-electron chi connectivity index (χ0n) is 21.8. The lowest BCUT2D eigenvalue weighted by Crippen LogP contribution is -2.53. The molecule has 2 aliphatic rings. The highest BCUT2D eigenvalue weighted by atomic mass is 19.1. The molecule has 9 heteroatoms. The third-order valence-corrected chi connectivity index (χ3v) is 6.76. The Labute approximate surface area is 222 Å². The number of carbonyl (C=O) groups is 3. The average Bonchev–Trinajstić information content (AvgIpc) is 2.91. The molecule has 1 saturated heterocycles. The molecule has 0 unspecified atom stereocenters. The first-order chi connectivity index (χ1) is 18.3. The molecule has 2 aliphatic heterocycles. The van der Waals surface area contributed by atoms with Gasteiger partial charge in [-0.05, 0) is 43.7 Å². The number of hydrogen-bond donors (Lipinski definition) is 1. The van der Waals surface area contributed by atoms with Crippen LogP contribution in [0.5, 0.6) is 0 Å². The van der Waals surface area contributed by atoms with Crippen molar-refractivity contribution >= 4 is 17.9 Å². The standard InChI is InChI=1S/C29H33FN4O4/c1-4-13-34-24(19-32-14-16-33(17-15-32)27(35)21-11-9-20(3)10-12-21)25(28(36)38-5-2)26(31-29(34)37)22-7-6-8-23(30)18-22/h4,6-12,18,26H,1,5,13-17,19H2,2-3H3,(H,31,37)/t26-/m1/s1. The van der Waals surface area contributed by atoms with Crippen LogP contribution in [-0.2, 0) is 9.53 Å². The van der Waals surface area contributed by atoms with Crippen LogP contribution in [0.15, 0.2) is 72.5 Å². The SMILES string of the molecule is C=CCN1C(=O)N[C@H](c2cccc(F)c2)C(C(=O)OCC)=C1CN1CCN(C(=O)c2ccc(C)cc2)CC1. The van der Waals surface area contributed by atoms with Gasteiger partial charge in [0.1, 0.15) is 5.82 Å². The van der Waals surface area contributed by atoms with Crippen molar-refractivity contribution < 1.29 is 23.5 Å². The minimum absolute atomic E-state index is 0.0208. The Bertz CT molecular complexity index is 1240. The van der Waals surface area contributed by atoms with Crippen molar-refractivity contribution in [1.29, 1.82) is 0 Å². The molecule has 0 aromatic heterocycles. The van der Waals surface area contributed by atoms with Crippen LogP contribution in [0.1, 0.15) is 34.5 Å². The minimum Gasteiger partial charge on any atom is -0.463 e. The molecule has 38 heavy (non-hydrogen) atoms. The second-order valence-electron chi connectivity index (χ2n) is 9.35. The third-order valence-electron chi connectivity index (χ3n) is 6.76. The summed E-state index contributed by atoms with van der Waals surface area (Å²) in [5, 5.41) is 2.84. The van der Waals surface area contributed by atoms with E-state index >= 15 is 0 Å². The average molecular weight is 521 g/mol. The molecule has 1 atom stereocenters. The number of benzene rings is 2. The predicted octanol–water partition coefficient (Wildman–Crippen LogP) is 3.66. The van der Waals surface area contributed by atoms with Crippen LogP contribution < -0.4 is 5.32 Å². The number of ether oxygens (including phenoxy) is 1. The van der Waals surface area contributed by atoms with Crippen LogP contribution >= 0.6 is 0 Å². The number of halogens is 1. The van der Waals surface area contributed by atoms with Crippen LogP contribution in [0, 0.1) is 12.7 Å². The van der Waals surface area contributed by atoms with Crippen LogP contribution in [0.3, 0.4) is 0 Å². The number of rotatable bonds is 8. The third kappa shape index (κ3) is 5.94. The molecular weight excluding hydrogens is 487 g/mol. The van der Waals surface area contributed by atoms with Crippen molar-refractivity contribution in [2.24, 2.45) is 0 Å². The monoisotopic (exact) mass is 520 g/mol. The highest BCUT2D eigenvalue weighted by molar-refractivity contribution is 5.95. The van der Waals surface area contributed by atoms with E-state index < -0.39 is 23.9 Å². The summed E-state index contributed by atoms with van der Waals surface area (Å²) in [6.45, 7) is 10.2. The van der Waals surface area contributed by atoms with Gasteiger partial charge < -0.3 is 15.0 Å². The molecule has 200 valence electrons. The van der Waals surface area contributed by atoms with E-state index in [0.29, 0.717) is 43.0 Å². The molecule has 3 amide bonds. The minimum atomic E-state index is -0.863. The maximum Gasteiger partial charge on any atom is 0.338 e. The molecule has 1 N–H and O–H groups in total. The van der Waals surface area contributed by atoms with E-state index in [-0.39, 0.29) is 31.2 Å². The molecule has 0 radical (unpaired) electrons. The molecule has 0 aliphatic carbocycles. The van der Waals surface area contributed by atoms with Crippen LogP contribution in [-0.4, -0.2) is 78.5 Å². The molecule has 0 bridgehead atoms. The van der Waals surface area contributed by atoms with Gasteiger partial charge in [-0.3, -0.25) is 14.6 Å². The van der Waals surface area contributed by atoms with Gasteiger partial charge in [-0.2, -0.15) is 0 Å². The summed E-state index contributed by atoms with van der Waals surface area (Å²) in [5.41, 5.74) is 2.94.